The molecule has 0 aliphatic carbocycles. The molecule has 3 heterocycles. The van der Waals surface area contributed by atoms with E-state index in [0.29, 0.717) is 63.0 Å². The first kappa shape index (κ1) is 19.3. The second-order valence-corrected chi connectivity index (χ2v) is 7.32. The van der Waals surface area contributed by atoms with Crippen molar-refractivity contribution in [2.45, 2.75) is 25.0 Å². The molecule has 4 rings (SSSR count). The summed E-state index contributed by atoms with van der Waals surface area (Å²) in [6.45, 7) is 2.51. The second kappa shape index (κ2) is 8.57. The van der Waals surface area contributed by atoms with Crippen LogP contribution in [-0.4, -0.2) is 59.5 Å². The fourth-order valence-corrected chi connectivity index (χ4v) is 3.39. The van der Waals surface area contributed by atoms with Gasteiger partial charge >= 0.3 is 6.09 Å². The van der Waals surface area contributed by atoms with Crippen LogP contribution in [-0.2, 0) is 11.3 Å². The Morgan fingerprint density at radius 2 is 1.90 bits per heavy atom. The number of hydrogen-bond acceptors (Lipinski definition) is 7. The Hall–Kier alpha value is -3.00. The van der Waals surface area contributed by atoms with Crippen LogP contribution in [0.5, 0.6) is 11.5 Å². The SMILES string of the molecule is O=C(OCc1ccccc1)N1CCC(O)(CNc2cc3c(cn2)OCCO3)CC1. The standard InChI is InChI=1S/C21H25N3O5/c25-20(29-14-16-4-2-1-3-5-16)24-8-6-21(26,7-9-24)15-23-19-12-17-18(13-22-19)28-11-10-27-17/h1-5,12-13,26H,6-11,14-15H2,(H,22,23). The number of aliphatic hydroxyl groups is 1. The predicted octanol–water partition coefficient (Wildman–Crippen LogP) is 2.43. The number of benzene rings is 1. The Balaban J connectivity index is 1.24. The van der Waals surface area contributed by atoms with Crippen LogP contribution in [0, 0.1) is 0 Å². The first-order chi connectivity index (χ1) is 14.1. The molecule has 8 heteroatoms. The molecule has 1 aromatic carbocycles. The fraction of sp³-hybridized carbons (Fsp3) is 0.429. The summed E-state index contributed by atoms with van der Waals surface area (Å²) >= 11 is 0. The number of carbonyl (C=O) groups excluding carboxylic acids is 1. The Morgan fingerprint density at radius 1 is 1.17 bits per heavy atom. The Morgan fingerprint density at radius 3 is 2.66 bits per heavy atom. The van der Waals surface area contributed by atoms with E-state index in [1.807, 2.05) is 30.3 Å². The third kappa shape index (κ3) is 4.89. The van der Waals surface area contributed by atoms with Gasteiger partial charge in [0.05, 0.1) is 11.8 Å². The van der Waals surface area contributed by atoms with Gasteiger partial charge in [-0.05, 0) is 18.4 Å². The number of carbonyl (C=O) groups is 1. The van der Waals surface area contributed by atoms with Crippen molar-refractivity contribution in [1.82, 2.24) is 9.88 Å². The maximum absolute atomic E-state index is 12.3. The molecule has 2 aromatic rings. The van der Waals surface area contributed by atoms with E-state index >= 15 is 0 Å². The molecule has 1 saturated heterocycles. The maximum atomic E-state index is 12.3. The summed E-state index contributed by atoms with van der Waals surface area (Å²) in [6.07, 6.45) is 2.19. The lowest BCUT2D eigenvalue weighted by Gasteiger charge is -2.37. The van der Waals surface area contributed by atoms with Gasteiger partial charge < -0.3 is 29.5 Å². The van der Waals surface area contributed by atoms with Crippen LogP contribution in [0.3, 0.4) is 0 Å². The number of nitrogens with zero attached hydrogens (tertiary/aromatic N) is 2. The minimum Gasteiger partial charge on any atom is -0.486 e. The summed E-state index contributed by atoms with van der Waals surface area (Å²) in [7, 11) is 0. The summed E-state index contributed by atoms with van der Waals surface area (Å²) in [5.74, 6) is 1.90. The van der Waals surface area contributed by atoms with Crippen molar-refractivity contribution in [3.8, 4) is 11.5 Å². The summed E-state index contributed by atoms with van der Waals surface area (Å²) < 4.78 is 16.4. The third-order valence-electron chi connectivity index (χ3n) is 5.19. The molecule has 0 saturated carbocycles. The average Bonchev–Trinajstić information content (AvgIpc) is 2.77. The van der Waals surface area contributed by atoms with Crippen LogP contribution >= 0.6 is 0 Å². The van der Waals surface area contributed by atoms with Crippen LogP contribution in [0.4, 0.5) is 10.6 Å². The molecule has 1 aromatic heterocycles. The first-order valence-electron chi connectivity index (χ1n) is 9.79. The number of amides is 1. The molecule has 2 aliphatic rings. The Kier molecular flexibility index (Phi) is 5.71. The summed E-state index contributed by atoms with van der Waals surface area (Å²) in [5, 5.41) is 14.0. The van der Waals surface area contributed by atoms with Crippen LogP contribution in [0.1, 0.15) is 18.4 Å². The second-order valence-electron chi connectivity index (χ2n) is 7.32. The van der Waals surface area contributed by atoms with Crippen molar-refractivity contribution in [2.75, 3.05) is 38.2 Å². The number of hydrogen-bond donors (Lipinski definition) is 2. The van der Waals surface area contributed by atoms with E-state index in [2.05, 4.69) is 10.3 Å². The highest BCUT2D eigenvalue weighted by Gasteiger charge is 2.34. The Bertz CT molecular complexity index is 837. The molecule has 1 amide bonds. The van der Waals surface area contributed by atoms with E-state index in [-0.39, 0.29) is 12.7 Å². The molecular formula is C21H25N3O5. The molecular weight excluding hydrogens is 374 g/mol. The number of ether oxygens (including phenoxy) is 3. The van der Waals surface area contributed by atoms with E-state index in [9.17, 15) is 9.90 Å². The Labute approximate surface area is 169 Å². The van der Waals surface area contributed by atoms with Gasteiger partial charge in [0.25, 0.3) is 0 Å². The lowest BCUT2D eigenvalue weighted by atomic mass is 9.91. The molecule has 0 unspecified atom stereocenters. The van der Waals surface area contributed by atoms with E-state index in [1.54, 1.807) is 17.2 Å². The number of aromatic nitrogens is 1. The third-order valence-corrected chi connectivity index (χ3v) is 5.19. The first-order valence-corrected chi connectivity index (χ1v) is 9.79. The predicted molar refractivity (Wildman–Crippen MR) is 106 cm³/mol. The van der Waals surface area contributed by atoms with Gasteiger partial charge in [-0.15, -0.1) is 0 Å². The molecule has 154 valence electrons. The largest absolute Gasteiger partial charge is 0.486 e. The van der Waals surface area contributed by atoms with E-state index in [4.69, 9.17) is 14.2 Å². The normalized spacial score (nSPS) is 17.5. The van der Waals surface area contributed by atoms with Crippen molar-refractivity contribution in [3.05, 3.63) is 48.2 Å². The molecule has 2 aliphatic heterocycles. The molecule has 0 spiro atoms. The number of anilines is 1. The number of piperidine rings is 1. The summed E-state index contributed by atoms with van der Waals surface area (Å²) in [6, 6.07) is 11.3. The molecule has 8 nitrogen and oxygen atoms in total. The zero-order chi connectivity index (χ0) is 20.1. The smallest absolute Gasteiger partial charge is 0.410 e. The highest BCUT2D eigenvalue weighted by atomic mass is 16.6. The van der Waals surface area contributed by atoms with Crippen LogP contribution in [0.2, 0.25) is 0 Å². The number of rotatable bonds is 5. The van der Waals surface area contributed by atoms with Crippen molar-refractivity contribution in [3.63, 3.8) is 0 Å². The fourth-order valence-electron chi connectivity index (χ4n) is 3.39. The quantitative estimate of drug-likeness (QED) is 0.798. The van der Waals surface area contributed by atoms with Crippen LogP contribution in [0.15, 0.2) is 42.6 Å². The molecule has 0 radical (unpaired) electrons. The molecule has 0 bridgehead atoms. The topological polar surface area (TPSA) is 93.2 Å². The number of pyridine rings is 1. The van der Waals surface area contributed by atoms with E-state index in [1.165, 1.54) is 0 Å². The molecule has 0 atom stereocenters. The maximum Gasteiger partial charge on any atom is 0.410 e. The summed E-state index contributed by atoms with van der Waals surface area (Å²) in [5.41, 5.74) is 0.0380. The average molecular weight is 399 g/mol. The highest BCUT2D eigenvalue weighted by Crippen LogP contribution is 2.31. The van der Waals surface area contributed by atoms with Crippen LogP contribution < -0.4 is 14.8 Å². The zero-order valence-electron chi connectivity index (χ0n) is 16.2. The van der Waals surface area contributed by atoms with Gasteiger partial charge in [-0.3, -0.25) is 0 Å². The van der Waals surface area contributed by atoms with Gasteiger partial charge in [0.2, 0.25) is 0 Å². The van der Waals surface area contributed by atoms with Crippen molar-refractivity contribution >= 4 is 11.9 Å². The number of nitrogens with one attached hydrogen (secondary N) is 1. The van der Waals surface area contributed by atoms with Gasteiger partial charge in [-0.2, -0.15) is 0 Å². The molecule has 2 N–H and O–H groups in total. The van der Waals surface area contributed by atoms with Crippen molar-refractivity contribution < 1.29 is 24.1 Å². The minimum atomic E-state index is -0.912. The van der Waals surface area contributed by atoms with Crippen LogP contribution in [0.25, 0.3) is 0 Å². The molecule has 1 fully saturated rings. The zero-order valence-corrected chi connectivity index (χ0v) is 16.2. The molecule has 29 heavy (non-hydrogen) atoms. The van der Waals surface area contributed by atoms with Gasteiger partial charge in [0, 0.05) is 25.7 Å². The lowest BCUT2D eigenvalue weighted by molar-refractivity contribution is -0.0111. The van der Waals surface area contributed by atoms with Crippen molar-refractivity contribution in [1.29, 1.82) is 0 Å². The monoisotopic (exact) mass is 399 g/mol. The van der Waals surface area contributed by atoms with E-state index < -0.39 is 5.60 Å². The van der Waals surface area contributed by atoms with Gasteiger partial charge in [0.1, 0.15) is 25.6 Å². The minimum absolute atomic E-state index is 0.248. The van der Waals surface area contributed by atoms with E-state index in [0.717, 1.165) is 5.56 Å². The van der Waals surface area contributed by atoms with Gasteiger partial charge in [0.15, 0.2) is 11.5 Å². The highest BCUT2D eigenvalue weighted by molar-refractivity contribution is 5.67. The summed E-state index contributed by atoms with van der Waals surface area (Å²) in [4.78, 5) is 18.2. The number of likely N-dealkylation sites (tertiary alicyclic amines) is 1. The van der Waals surface area contributed by atoms with Gasteiger partial charge in [-0.1, -0.05) is 30.3 Å². The van der Waals surface area contributed by atoms with Gasteiger partial charge in [-0.25, -0.2) is 9.78 Å². The lowest BCUT2D eigenvalue weighted by Crippen LogP contribution is -2.50. The van der Waals surface area contributed by atoms with Crippen molar-refractivity contribution in [2.24, 2.45) is 0 Å². The number of fused-ring (bicyclic) bond motifs is 1.